The Kier molecular flexibility index (Phi) is 5.65. The second kappa shape index (κ2) is 7.03. The standard InChI is InChI=1S/C11H16N2O3S/c1-16-6-5-13-11(14)8-17(15)10-4-2-3-9(12)7-10/h2-4,7H,5-6,8,12H2,1H3,(H,13,14). The molecule has 94 valence electrons. The molecule has 1 amide bonds. The lowest BCUT2D eigenvalue weighted by Gasteiger charge is -2.05. The van der Waals surface area contributed by atoms with Gasteiger partial charge >= 0.3 is 0 Å². The van der Waals surface area contributed by atoms with Gasteiger partial charge in [0.15, 0.2) is 0 Å². The first kappa shape index (κ1) is 13.7. The van der Waals surface area contributed by atoms with Gasteiger partial charge in [-0.25, -0.2) is 0 Å². The Morgan fingerprint density at radius 3 is 2.94 bits per heavy atom. The lowest BCUT2D eigenvalue weighted by atomic mass is 10.3. The number of nitrogen functional groups attached to an aromatic ring is 1. The second-order valence-corrected chi connectivity index (χ2v) is 4.86. The van der Waals surface area contributed by atoms with Crippen LogP contribution in [0.15, 0.2) is 29.2 Å². The molecule has 0 radical (unpaired) electrons. The highest BCUT2D eigenvalue weighted by Crippen LogP contribution is 2.10. The van der Waals surface area contributed by atoms with Crippen molar-refractivity contribution in [1.29, 1.82) is 0 Å². The predicted molar refractivity (Wildman–Crippen MR) is 67.0 cm³/mol. The quantitative estimate of drug-likeness (QED) is 0.560. The van der Waals surface area contributed by atoms with Crippen LogP contribution in [0.25, 0.3) is 0 Å². The van der Waals surface area contributed by atoms with E-state index in [-0.39, 0.29) is 11.7 Å². The van der Waals surface area contributed by atoms with Crippen molar-refractivity contribution in [2.75, 3.05) is 31.7 Å². The molecule has 0 spiro atoms. The molecule has 1 unspecified atom stereocenters. The van der Waals surface area contributed by atoms with Crippen LogP contribution >= 0.6 is 0 Å². The van der Waals surface area contributed by atoms with Crippen molar-refractivity contribution in [3.05, 3.63) is 24.3 Å². The number of rotatable bonds is 6. The number of carbonyl (C=O) groups is 1. The van der Waals surface area contributed by atoms with Gasteiger partial charge in [0.1, 0.15) is 5.75 Å². The van der Waals surface area contributed by atoms with E-state index in [9.17, 15) is 9.00 Å². The van der Waals surface area contributed by atoms with Gasteiger partial charge in [-0.1, -0.05) is 6.07 Å². The van der Waals surface area contributed by atoms with Gasteiger partial charge in [0.25, 0.3) is 0 Å². The molecule has 0 aliphatic rings. The van der Waals surface area contributed by atoms with E-state index in [0.717, 1.165) is 0 Å². The number of hydrogen-bond acceptors (Lipinski definition) is 4. The van der Waals surface area contributed by atoms with Gasteiger partial charge in [0.05, 0.1) is 17.4 Å². The number of nitrogens with two attached hydrogens (primary N) is 1. The maximum atomic E-state index is 11.8. The van der Waals surface area contributed by atoms with E-state index < -0.39 is 10.8 Å². The summed E-state index contributed by atoms with van der Waals surface area (Å²) < 4.78 is 16.6. The Balaban J connectivity index is 2.46. The number of ether oxygens (including phenoxy) is 1. The van der Waals surface area contributed by atoms with Gasteiger partial charge in [-0.15, -0.1) is 0 Å². The van der Waals surface area contributed by atoms with Crippen LogP contribution in [0.2, 0.25) is 0 Å². The van der Waals surface area contributed by atoms with Gasteiger partial charge < -0.3 is 15.8 Å². The molecular formula is C11H16N2O3S. The lowest BCUT2D eigenvalue weighted by molar-refractivity contribution is -0.118. The topological polar surface area (TPSA) is 81.4 Å². The van der Waals surface area contributed by atoms with Crippen LogP contribution < -0.4 is 11.1 Å². The number of amides is 1. The number of hydrogen-bond donors (Lipinski definition) is 2. The largest absolute Gasteiger partial charge is 0.399 e. The molecule has 5 nitrogen and oxygen atoms in total. The molecule has 1 aromatic carbocycles. The zero-order valence-corrected chi connectivity index (χ0v) is 10.5. The monoisotopic (exact) mass is 256 g/mol. The molecule has 0 fully saturated rings. The molecule has 0 aliphatic heterocycles. The van der Waals surface area contributed by atoms with Crippen molar-refractivity contribution in [1.82, 2.24) is 5.32 Å². The third kappa shape index (κ3) is 4.97. The number of anilines is 1. The van der Waals surface area contributed by atoms with Crippen LogP contribution in [0.5, 0.6) is 0 Å². The maximum absolute atomic E-state index is 11.8. The molecular weight excluding hydrogens is 240 g/mol. The molecule has 1 atom stereocenters. The minimum Gasteiger partial charge on any atom is -0.399 e. The summed E-state index contributed by atoms with van der Waals surface area (Å²) in [7, 11) is 0.191. The van der Waals surface area contributed by atoms with E-state index >= 15 is 0 Å². The third-order valence-electron chi connectivity index (χ3n) is 2.01. The summed E-state index contributed by atoms with van der Waals surface area (Å²) in [6.45, 7) is 0.861. The molecule has 0 heterocycles. The molecule has 17 heavy (non-hydrogen) atoms. The van der Waals surface area contributed by atoms with Crippen LogP contribution in [0.1, 0.15) is 0 Å². The zero-order chi connectivity index (χ0) is 12.7. The summed E-state index contributed by atoms with van der Waals surface area (Å²) >= 11 is 0. The summed E-state index contributed by atoms with van der Waals surface area (Å²) in [4.78, 5) is 12.0. The Labute approximate surface area is 103 Å². The molecule has 1 aromatic rings. The van der Waals surface area contributed by atoms with Crippen molar-refractivity contribution in [3.63, 3.8) is 0 Å². The van der Waals surface area contributed by atoms with Gasteiger partial charge in [-0.3, -0.25) is 9.00 Å². The number of nitrogens with one attached hydrogen (secondary N) is 1. The molecule has 0 aliphatic carbocycles. The normalized spacial score (nSPS) is 12.1. The zero-order valence-electron chi connectivity index (χ0n) is 9.64. The average molecular weight is 256 g/mol. The predicted octanol–water partition coefficient (Wildman–Crippen LogP) is 0.139. The summed E-state index contributed by atoms with van der Waals surface area (Å²) in [5.74, 6) is -0.324. The van der Waals surface area contributed by atoms with Gasteiger partial charge in [0, 0.05) is 24.2 Å². The maximum Gasteiger partial charge on any atom is 0.233 e. The molecule has 0 saturated carbocycles. The van der Waals surface area contributed by atoms with E-state index in [1.807, 2.05) is 0 Å². The molecule has 3 N–H and O–H groups in total. The number of benzene rings is 1. The number of carbonyl (C=O) groups excluding carboxylic acids is 1. The fourth-order valence-corrected chi connectivity index (χ4v) is 2.21. The van der Waals surface area contributed by atoms with E-state index in [1.54, 1.807) is 31.4 Å². The first-order valence-electron chi connectivity index (χ1n) is 5.13. The Hall–Kier alpha value is -1.40. The van der Waals surface area contributed by atoms with E-state index in [4.69, 9.17) is 10.5 Å². The van der Waals surface area contributed by atoms with E-state index in [2.05, 4.69) is 5.32 Å². The Bertz CT molecular complexity index is 409. The average Bonchev–Trinajstić information content (AvgIpc) is 2.29. The molecule has 0 bridgehead atoms. The molecule has 6 heteroatoms. The molecule has 0 saturated heterocycles. The fourth-order valence-electron chi connectivity index (χ4n) is 1.20. The SMILES string of the molecule is COCCNC(=O)CS(=O)c1cccc(N)c1. The minimum atomic E-state index is -1.36. The summed E-state index contributed by atoms with van der Waals surface area (Å²) in [6, 6.07) is 6.72. The van der Waals surface area contributed by atoms with Crippen LogP contribution in [-0.2, 0) is 20.3 Å². The Morgan fingerprint density at radius 2 is 2.29 bits per heavy atom. The van der Waals surface area contributed by atoms with Gasteiger partial charge in [-0.05, 0) is 18.2 Å². The minimum absolute atomic E-state index is 0.0623. The van der Waals surface area contributed by atoms with Crippen molar-refractivity contribution < 1.29 is 13.7 Å². The highest BCUT2D eigenvalue weighted by molar-refractivity contribution is 7.85. The highest BCUT2D eigenvalue weighted by Gasteiger charge is 2.09. The molecule has 1 rings (SSSR count). The van der Waals surface area contributed by atoms with Gasteiger partial charge in [0.2, 0.25) is 5.91 Å². The second-order valence-electron chi connectivity index (χ2n) is 3.41. The van der Waals surface area contributed by atoms with Crippen molar-refractivity contribution in [2.24, 2.45) is 0 Å². The van der Waals surface area contributed by atoms with Crippen LogP contribution in [-0.4, -0.2) is 36.1 Å². The fraction of sp³-hybridized carbons (Fsp3) is 0.364. The van der Waals surface area contributed by atoms with Crippen LogP contribution in [0.4, 0.5) is 5.69 Å². The summed E-state index contributed by atoms with van der Waals surface area (Å²) in [5, 5.41) is 2.61. The van der Waals surface area contributed by atoms with Crippen LogP contribution in [0.3, 0.4) is 0 Å². The van der Waals surface area contributed by atoms with E-state index in [1.165, 1.54) is 0 Å². The first-order valence-corrected chi connectivity index (χ1v) is 6.45. The third-order valence-corrected chi connectivity index (χ3v) is 3.32. The van der Waals surface area contributed by atoms with Crippen LogP contribution in [0, 0.1) is 0 Å². The van der Waals surface area contributed by atoms with Crippen molar-refractivity contribution >= 4 is 22.4 Å². The van der Waals surface area contributed by atoms with Crippen molar-refractivity contribution in [3.8, 4) is 0 Å². The smallest absolute Gasteiger partial charge is 0.233 e. The summed E-state index contributed by atoms with van der Waals surface area (Å²) in [6.07, 6.45) is 0. The van der Waals surface area contributed by atoms with Crippen molar-refractivity contribution in [2.45, 2.75) is 4.90 Å². The lowest BCUT2D eigenvalue weighted by Crippen LogP contribution is -2.31. The Morgan fingerprint density at radius 1 is 1.53 bits per heavy atom. The first-order chi connectivity index (χ1) is 8.13. The van der Waals surface area contributed by atoms with E-state index in [0.29, 0.717) is 23.7 Å². The highest BCUT2D eigenvalue weighted by atomic mass is 32.2. The molecule has 0 aromatic heterocycles. The van der Waals surface area contributed by atoms with Gasteiger partial charge in [-0.2, -0.15) is 0 Å². The number of methoxy groups -OCH3 is 1. The summed E-state index contributed by atoms with van der Waals surface area (Å²) in [5.41, 5.74) is 6.11.